The van der Waals surface area contributed by atoms with E-state index in [-0.39, 0.29) is 24.5 Å². The summed E-state index contributed by atoms with van der Waals surface area (Å²) in [6, 6.07) is 17.6. The summed E-state index contributed by atoms with van der Waals surface area (Å²) in [5.74, 6) is 0.971. The third-order valence-corrected chi connectivity index (χ3v) is 5.84. The minimum atomic E-state index is -0.406. The van der Waals surface area contributed by atoms with Crippen molar-refractivity contribution in [1.82, 2.24) is 14.7 Å². The average molecular weight is 422 g/mol. The van der Waals surface area contributed by atoms with Gasteiger partial charge in [-0.25, -0.2) is 0 Å². The molecule has 2 aromatic rings. The maximum atomic E-state index is 13.3. The van der Waals surface area contributed by atoms with Crippen LogP contribution in [0.3, 0.4) is 0 Å². The molecule has 2 heterocycles. The Morgan fingerprint density at radius 1 is 0.935 bits per heavy atom. The number of fused-ring (bicyclic) bond motifs is 1. The summed E-state index contributed by atoms with van der Waals surface area (Å²) in [5.41, 5.74) is 2.23. The molecule has 2 aliphatic heterocycles. The molecule has 2 aliphatic rings. The Morgan fingerprint density at radius 2 is 1.65 bits per heavy atom. The molecule has 164 valence electrons. The lowest BCUT2D eigenvalue weighted by Gasteiger charge is -2.40. The smallest absolute Gasteiger partial charge is 0.247 e. The highest BCUT2D eigenvalue weighted by molar-refractivity contribution is 5.95. The van der Waals surface area contributed by atoms with Gasteiger partial charge in [0.25, 0.3) is 0 Å². The third-order valence-electron chi connectivity index (χ3n) is 5.84. The number of amides is 2. The zero-order valence-corrected chi connectivity index (χ0v) is 18.4. The van der Waals surface area contributed by atoms with Gasteiger partial charge >= 0.3 is 0 Å². The van der Waals surface area contributed by atoms with Crippen LogP contribution in [0.4, 0.5) is 0 Å². The van der Waals surface area contributed by atoms with Crippen molar-refractivity contribution in [1.29, 1.82) is 0 Å². The molecule has 2 aromatic carbocycles. The van der Waals surface area contributed by atoms with Crippen LogP contribution >= 0.6 is 0 Å². The normalized spacial score (nSPS) is 20.0. The molecule has 4 rings (SSSR count). The van der Waals surface area contributed by atoms with E-state index in [1.165, 1.54) is 5.56 Å². The van der Waals surface area contributed by atoms with E-state index in [4.69, 9.17) is 4.74 Å². The molecule has 0 aromatic heterocycles. The lowest BCUT2D eigenvalue weighted by molar-refractivity contribution is -0.156. The van der Waals surface area contributed by atoms with E-state index in [1.54, 1.807) is 9.80 Å². The maximum Gasteiger partial charge on any atom is 0.247 e. The Labute approximate surface area is 184 Å². The first-order valence-electron chi connectivity index (χ1n) is 11.1. The number of nitrogens with zero attached hydrogens (tertiary/aromatic N) is 3. The second kappa shape index (κ2) is 9.52. The van der Waals surface area contributed by atoms with E-state index in [0.717, 1.165) is 30.8 Å². The summed E-state index contributed by atoms with van der Waals surface area (Å²) in [6.07, 6.45) is 1.03. The molecule has 0 radical (unpaired) electrons. The quantitative estimate of drug-likeness (QED) is 0.720. The van der Waals surface area contributed by atoms with Crippen LogP contribution in [-0.2, 0) is 22.7 Å². The summed E-state index contributed by atoms with van der Waals surface area (Å²) in [5, 5.41) is 0. The molecule has 6 heteroatoms. The zero-order valence-electron chi connectivity index (χ0n) is 18.4. The van der Waals surface area contributed by atoms with Gasteiger partial charge in [-0.1, -0.05) is 42.5 Å². The van der Waals surface area contributed by atoms with Gasteiger partial charge in [-0.05, 0) is 43.5 Å². The topological polar surface area (TPSA) is 53.1 Å². The summed E-state index contributed by atoms with van der Waals surface area (Å²) < 4.78 is 5.73. The van der Waals surface area contributed by atoms with E-state index in [0.29, 0.717) is 19.6 Å². The van der Waals surface area contributed by atoms with Crippen molar-refractivity contribution >= 4 is 11.8 Å². The van der Waals surface area contributed by atoms with Crippen LogP contribution in [-0.4, -0.2) is 64.8 Å². The van der Waals surface area contributed by atoms with E-state index in [2.05, 4.69) is 17.0 Å². The van der Waals surface area contributed by atoms with Gasteiger partial charge < -0.3 is 14.5 Å². The number of benzene rings is 2. The van der Waals surface area contributed by atoms with Gasteiger partial charge in [-0.2, -0.15) is 0 Å². The van der Waals surface area contributed by atoms with Crippen LogP contribution < -0.4 is 4.74 Å². The molecule has 0 spiro atoms. The van der Waals surface area contributed by atoms with E-state index < -0.39 is 6.04 Å². The molecule has 0 saturated carbocycles. The fourth-order valence-electron chi connectivity index (χ4n) is 4.39. The van der Waals surface area contributed by atoms with Gasteiger partial charge in [0, 0.05) is 32.7 Å². The Kier molecular flexibility index (Phi) is 6.56. The molecule has 2 fully saturated rings. The van der Waals surface area contributed by atoms with Crippen LogP contribution in [0.1, 0.15) is 31.4 Å². The summed E-state index contributed by atoms with van der Waals surface area (Å²) in [6.45, 7) is 7.52. The Bertz CT molecular complexity index is 898. The fraction of sp³-hybridized carbons (Fsp3) is 0.440. The van der Waals surface area contributed by atoms with Crippen LogP contribution in [0.15, 0.2) is 54.6 Å². The molecule has 6 nitrogen and oxygen atoms in total. The average Bonchev–Trinajstić information content (AvgIpc) is 2.97. The monoisotopic (exact) mass is 421 g/mol. The van der Waals surface area contributed by atoms with Crippen molar-refractivity contribution in [2.24, 2.45) is 0 Å². The standard InChI is InChI=1S/C25H31N3O3/c1-19(2)31-22-11-9-21(10-12-22)15-26-13-6-14-28-23(17-26)25(30)27(18-24(28)29)16-20-7-4-3-5-8-20/h3-5,7-12,19,23H,6,13-18H2,1-2H3. The highest BCUT2D eigenvalue weighted by Gasteiger charge is 2.41. The number of hydrogen-bond acceptors (Lipinski definition) is 4. The first-order valence-corrected chi connectivity index (χ1v) is 11.1. The number of piperazine rings is 1. The molecule has 31 heavy (non-hydrogen) atoms. The second-order valence-corrected chi connectivity index (χ2v) is 8.68. The number of carbonyl (C=O) groups excluding carboxylic acids is 2. The first kappa shape index (κ1) is 21.4. The number of carbonyl (C=O) groups is 2. The molecule has 0 aliphatic carbocycles. The van der Waals surface area contributed by atoms with Gasteiger partial charge in [0.1, 0.15) is 18.3 Å². The highest BCUT2D eigenvalue weighted by Crippen LogP contribution is 2.22. The molecule has 2 amide bonds. The Balaban J connectivity index is 1.44. The fourth-order valence-corrected chi connectivity index (χ4v) is 4.39. The van der Waals surface area contributed by atoms with Crippen molar-refractivity contribution in [3.05, 3.63) is 65.7 Å². The summed E-state index contributed by atoms with van der Waals surface area (Å²) >= 11 is 0. The Morgan fingerprint density at radius 3 is 2.35 bits per heavy atom. The third kappa shape index (κ3) is 5.25. The zero-order chi connectivity index (χ0) is 21.8. The van der Waals surface area contributed by atoms with E-state index in [9.17, 15) is 9.59 Å². The molecule has 0 bridgehead atoms. The van der Waals surface area contributed by atoms with Crippen molar-refractivity contribution in [2.45, 2.75) is 45.5 Å². The minimum absolute atomic E-state index is 0.0519. The molecular formula is C25H31N3O3. The molecular weight excluding hydrogens is 390 g/mol. The van der Waals surface area contributed by atoms with Crippen molar-refractivity contribution < 1.29 is 14.3 Å². The molecule has 1 atom stereocenters. The van der Waals surface area contributed by atoms with Crippen molar-refractivity contribution in [3.8, 4) is 5.75 Å². The predicted octanol–water partition coefficient (Wildman–Crippen LogP) is 2.92. The predicted molar refractivity (Wildman–Crippen MR) is 119 cm³/mol. The lowest BCUT2D eigenvalue weighted by atomic mass is 10.1. The van der Waals surface area contributed by atoms with Crippen molar-refractivity contribution in [3.63, 3.8) is 0 Å². The van der Waals surface area contributed by atoms with Crippen molar-refractivity contribution in [2.75, 3.05) is 26.2 Å². The summed E-state index contributed by atoms with van der Waals surface area (Å²) in [7, 11) is 0. The lowest BCUT2D eigenvalue weighted by Crippen LogP contribution is -2.61. The first-order chi connectivity index (χ1) is 15.0. The minimum Gasteiger partial charge on any atom is -0.491 e. The Hall–Kier alpha value is -2.86. The van der Waals surface area contributed by atoms with Gasteiger partial charge in [0.15, 0.2) is 0 Å². The van der Waals surface area contributed by atoms with Gasteiger partial charge in [-0.3, -0.25) is 14.5 Å². The van der Waals surface area contributed by atoms with E-state index in [1.807, 2.05) is 56.3 Å². The largest absolute Gasteiger partial charge is 0.491 e. The van der Waals surface area contributed by atoms with Gasteiger partial charge in [0.2, 0.25) is 11.8 Å². The van der Waals surface area contributed by atoms with Crippen LogP contribution in [0.5, 0.6) is 5.75 Å². The maximum absolute atomic E-state index is 13.3. The SMILES string of the molecule is CC(C)Oc1ccc(CN2CCCN3C(=O)CN(Cc4ccccc4)C(=O)C3C2)cc1. The number of ether oxygens (including phenoxy) is 1. The van der Waals surface area contributed by atoms with Crippen LogP contribution in [0, 0.1) is 0 Å². The van der Waals surface area contributed by atoms with Crippen LogP contribution in [0.2, 0.25) is 0 Å². The van der Waals surface area contributed by atoms with Crippen LogP contribution in [0.25, 0.3) is 0 Å². The highest BCUT2D eigenvalue weighted by atomic mass is 16.5. The van der Waals surface area contributed by atoms with Gasteiger partial charge in [-0.15, -0.1) is 0 Å². The second-order valence-electron chi connectivity index (χ2n) is 8.68. The molecule has 1 unspecified atom stereocenters. The molecule has 2 saturated heterocycles. The summed E-state index contributed by atoms with van der Waals surface area (Å²) in [4.78, 5) is 31.9. The van der Waals surface area contributed by atoms with Gasteiger partial charge in [0.05, 0.1) is 6.10 Å². The number of hydrogen-bond donors (Lipinski definition) is 0. The number of rotatable bonds is 6. The van der Waals surface area contributed by atoms with E-state index >= 15 is 0 Å². The molecule has 0 N–H and O–H groups in total.